The number of nitrogens with zero attached hydrogens (tertiary/aromatic N) is 1. The zero-order valence-corrected chi connectivity index (χ0v) is 7.34. The Hall–Kier alpha value is -1.61. The van der Waals surface area contributed by atoms with Gasteiger partial charge in [-0.05, 0) is 18.2 Å². The van der Waals surface area contributed by atoms with Crippen LogP contribution in [0.5, 0.6) is 0 Å². The molecule has 0 amide bonds. The third-order valence-corrected chi connectivity index (χ3v) is 1.50. The summed E-state index contributed by atoms with van der Waals surface area (Å²) in [5, 5.41) is 9.67. The molecular weight excluding hydrogens is 166 g/mol. The third kappa shape index (κ3) is 3.09. The number of hydrogen-bond acceptors (Lipinski definition) is 3. The summed E-state index contributed by atoms with van der Waals surface area (Å²) in [6.07, 6.45) is 11.4. The Kier molecular flexibility index (Phi) is 3.23. The van der Waals surface area contributed by atoms with Crippen LogP contribution in [0.25, 0.3) is 0 Å². The fraction of sp³-hybridized carbons (Fsp3) is 0.100. The lowest BCUT2D eigenvalue weighted by Gasteiger charge is -2.01. The van der Waals surface area contributed by atoms with Gasteiger partial charge >= 0.3 is 0 Å². The van der Waals surface area contributed by atoms with Crippen LogP contribution in [0, 0.1) is 0 Å². The molecular formula is C10H11NO2. The molecule has 0 fully saturated rings. The minimum atomic E-state index is -0.0206. The largest absolute Gasteiger partial charge is 0.289 e. The second kappa shape index (κ2) is 4.42. The van der Waals surface area contributed by atoms with Gasteiger partial charge in [-0.1, -0.05) is 18.2 Å². The molecule has 13 heavy (non-hydrogen) atoms. The summed E-state index contributed by atoms with van der Waals surface area (Å²) in [4.78, 5) is 11.2. The molecule has 0 aromatic heterocycles. The topological polar surface area (TPSA) is 40.5 Å². The Bertz CT molecular complexity index is 309. The Morgan fingerprint density at radius 1 is 1.38 bits per heavy atom. The second-order valence-electron chi connectivity index (χ2n) is 2.62. The number of carbonyl (C=O) groups excluding carboxylic acids is 1. The Balaban J connectivity index is 2.67. The van der Waals surface area contributed by atoms with E-state index in [2.05, 4.69) is 0 Å². The monoisotopic (exact) mass is 177 g/mol. The quantitative estimate of drug-likeness (QED) is 0.512. The molecule has 3 heteroatoms. The molecule has 0 spiro atoms. The molecule has 1 rings (SSSR count). The van der Waals surface area contributed by atoms with Crippen molar-refractivity contribution in [2.75, 3.05) is 7.05 Å². The van der Waals surface area contributed by atoms with Gasteiger partial charge in [-0.2, -0.15) is 0 Å². The smallest absolute Gasteiger partial charge is 0.185 e. The van der Waals surface area contributed by atoms with Crippen molar-refractivity contribution in [3.05, 3.63) is 48.2 Å². The van der Waals surface area contributed by atoms with Crippen molar-refractivity contribution in [3.63, 3.8) is 0 Å². The molecule has 0 aromatic rings. The molecule has 0 saturated carbocycles. The lowest BCUT2D eigenvalue weighted by atomic mass is 10.1. The lowest BCUT2D eigenvalue weighted by molar-refractivity contribution is -0.111. The van der Waals surface area contributed by atoms with Gasteiger partial charge in [-0.25, -0.2) is 0 Å². The first kappa shape index (κ1) is 9.48. The van der Waals surface area contributed by atoms with Crippen LogP contribution in [0.1, 0.15) is 0 Å². The maximum absolute atomic E-state index is 11.2. The lowest BCUT2D eigenvalue weighted by Crippen LogP contribution is -2.01. The van der Waals surface area contributed by atoms with Gasteiger partial charge in [-0.3, -0.25) is 15.1 Å². The van der Waals surface area contributed by atoms with Gasteiger partial charge in [-0.15, -0.1) is 0 Å². The maximum atomic E-state index is 11.2. The standard InChI is InChI=1S/C10H11NO2/c1-11(13)8-4-6-9-5-2-3-7-10(9)12/h2-8,13H,1H3/b8-4+,9-6-. The summed E-state index contributed by atoms with van der Waals surface area (Å²) >= 11 is 0. The molecule has 1 N–H and O–H groups in total. The molecule has 0 radical (unpaired) electrons. The van der Waals surface area contributed by atoms with Crippen molar-refractivity contribution in [2.24, 2.45) is 0 Å². The van der Waals surface area contributed by atoms with Gasteiger partial charge < -0.3 is 0 Å². The van der Waals surface area contributed by atoms with E-state index in [1.54, 1.807) is 30.4 Å². The number of carbonyl (C=O) groups is 1. The minimum Gasteiger partial charge on any atom is -0.289 e. The van der Waals surface area contributed by atoms with Crippen LogP contribution >= 0.6 is 0 Å². The molecule has 0 heterocycles. The number of ketones is 1. The van der Waals surface area contributed by atoms with Crippen molar-refractivity contribution in [2.45, 2.75) is 0 Å². The van der Waals surface area contributed by atoms with Gasteiger partial charge in [0.1, 0.15) is 0 Å². The van der Waals surface area contributed by atoms with E-state index in [1.165, 1.54) is 19.3 Å². The third-order valence-electron chi connectivity index (χ3n) is 1.50. The summed E-state index contributed by atoms with van der Waals surface area (Å²) in [5.41, 5.74) is 0.612. The number of hydroxylamine groups is 2. The summed E-state index contributed by atoms with van der Waals surface area (Å²) in [5.74, 6) is -0.0206. The SMILES string of the molecule is CN(O)/C=C/C=C1/C=CC=CC1=O. The van der Waals surface area contributed by atoms with Crippen LogP contribution in [0.3, 0.4) is 0 Å². The van der Waals surface area contributed by atoms with Crippen LogP contribution in [0.15, 0.2) is 48.2 Å². The second-order valence-corrected chi connectivity index (χ2v) is 2.62. The predicted molar refractivity (Wildman–Crippen MR) is 50.1 cm³/mol. The van der Waals surface area contributed by atoms with Crippen LogP contribution in [0.2, 0.25) is 0 Å². The van der Waals surface area contributed by atoms with E-state index < -0.39 is 0 Å². The molecule has 0 unspecified atom stereocenters. The first-order valence-electron chi connectivity index (χ1n) is 3.89. The average Bonchev–Trinajstić information content (AvgIpc) is 2.08. The molecule has 1 aliphatic rings. The zero-order valence-electron chi connectivity index (χ0n) is 7.34. The van der Waals surface area contributed by atoms with E-state index in [1.807, 2.05) is 0 Å². The fourth-order valence-corrected chi connectivity index (χ4v) is 0.889. The van der Waals surface area contributed by atoms with Crippen molar-refractivity contribution in [3.8, 4) is 0 Å². The maximum Gasteiger partial charge on any atom is 0.185 e. The molecule has 1 aliphatic carbocycles. The van der Waals surface area contributed by atoms with Crippen LogP contribution < -0.4 is 0 Å². The van der Waals surface area contributed by atoms with E-state index in [0.717, 1.165) is 5.06 Å². The summed E-state index contributed by atoms with van der Waals surface area (Å²) < 4.78 is 0. The molecule has 68 valence electrons. The van der Waals surface area contributed by atoms with Gasteiger partial charge in [0.15, 0.2) is 5.78 Å². The highest BCUT2D eigenvalue weighted by Crippen LogP contribution is 2.06. The van der Waals surface area contributed by atoms with Crippen molar-refractivity contribution < 1.29 is 10.0 Å². The number of hydrogen-bond donors (Lipinski definition) is 1. The Morgan fingerprint density at radius 2 is 2.08 bits per heavy atom. The van der Waals surface area contributed by atoms with E-state index in [4.69, 9.17) is 5.21 Å². The predicted octanol–water partition coefficient (Wildman–Crippen LogP) is 1.44. The van der Waals surface area contributed by atoms with Crippen LogP contribution in [0.4, 0.5) is 0 Å². The van der Waals surface area contributed by atoms with Gasteiger partial charge in [0.05, 0.1) is 0 Å². The van der Waals surface area contributed by atoms with Crippen molar-refractivity contribution in [1.29, 1.82) is 0 Å². The first-order chi connectivity index (χ1) is 6.20. The molecule has 0 bridgehead atoms. The molecule has 0 aliphatic heterocycles. The minimum absolute atomic E-state index is 0.0206. The summed E-state index contributed by atoms with van der Waals surface area (Å²) in [6.45, 7) is 0. The highest BCUT2D eigenvalue weighted by molar-refractivity contribution is 6.07. The number of allylic oxidation sites excluding steroid dienone is 7. The first-order valence-corrected chi connectivity index (χ1v) is 3.89. The highest BCUT2D eigenvalue weighted by Gasteiger charge is 2.02. The van der Waals surface area contributed by atoms with Gasteiger partial charge in [0.25, 0.3) is 0 Å². The van der Waals surface area contributed by atoms with Gasteiger partial charge in [0, 0.05) is 18.8 Å². The molecule has 3 nitrogen and oxygen atoms in total. The molecule has 0 saturated heterocycles. The number of rotatable bonds is 2. The average molecular weight is 177 g/mol. The normalized spacial score (nSPS) is 18.9. The van der Waals surface area contributed by atoms with Gasteiger partial charge in [0.2, 0.25) is 0 Å². The molecule has 0 aromatic carbocycles. The summed E-state index contributed by atoms with van der Waals surface area (Å²) in [7, 11) is 1.49. The van der Waals surface area contributed by atoms with Crippen molar-refractivity contribution >= 4 is 5.78 Å². The van der Waals surface area contributed by atoms with E-state index in [9.17, 15) is 4.79 Å². The Labute approximate surface area is 76.9 Å². The van der Waals surface area contributed by atoms with E-state index in [-0.39, 0.29) is 5.78 Å². The molecule has 0 atom stereocenters. The van der Waals surface area contributed by atoms with Crippen LogP contribution in [-0.2, 0) is 4.79 Å². The van der Waals surface area contributed by atoms with E-state index in [0.29, 0.717) is 5.57 Å². The summed E-state index contributed by atoms with van der Waals surface area (Å²) in [6, 6.07) is 0. The zero-order chi connectivity index (χ0) is 9.68. The highest BCUT2D eigenvalue weighted by atomic mass is 16.5. The van der Waals surface area contributed by atoms with Crippen molar-refractivity contribution in [1.82, 2.24) is 5.06 Å². The Morgan fingerprint density at radius 3 is 2.69 bits per heavy atom. The van der Waals surface area contributed by atoms with Crippen LogP contribution in [-0.4, -0.2) is 23.1 Å². The van der Waals surface area contributed by atoms with E-state index >= 15 is 0 Å². The fourth-order valence-electron chi connectivity index (χ4n) is 0.889.